The number of hydrogen-bond donors (Lipinski definition) is 1. The summed E-state index contributed by atoms with van der Waals surface area (Å²) in [6.45, 7) is 0.907. The lowest BCUT2D eigenvalue weighted by molar-refractivity contribution is -0.383. The minimum atomic E-state index is -1.17. The molecule has 2 aromatic rings. The van der Waals surface area contributed by atoms with Crippen LogP contribution in [0.25, 0.3) is 0 Å². The Morgan fingerprint density at radius 2 is 1.85 bits per heavy atom. The highest BCUT2D eigenvalue weighted by atomic mass is 35.5. The third kappa shape index (κ3) is 5.18. The zero-order chi connectivity index (χ0) is 19.1. The number of nitrogens with one attached hydrogen (secondary N) is 1. The van der Waals surface area contributed by atoms with Gasteiger partial charge in [-0.15, -0.1) is 0 Å². The topological polar surface area (TPSA) is 108 Å². The van der Waals surface area contributed by atoms with Gasteiger partial charge in [-0.05, 0) is 25.1 Å². The number of nitro benzene ring substituents is 1. The maximum atomic E-state index is 12.1. The number of rotatable bonds is 7. The van der Waals surface area contributed by atoms with Crippen molar-refractivity contribution in [3.63, 3.8) is 0 Å². The Morgan fingerprint density at radius 3 is 2.54 bits per heavy atom. The van der Waals surface area contributed by atoms with Gasteiger partial charge in [0.2, 0.25) is 0 Å². The summed E-state index contributed by atoms with van der Waals surface area (Å²) in [6, 6.07) is 12.2. The SMILES string of the molecule is C[C@@H](OC(=O)COc1ccccc1Cl)C(=O)Nc1ccccc1[N+](=O)[O-]. The molecule has 0 saturated carbocycles. The minimum Gasteiger partial charge on any atom is -0.480 e. The molecule has 0 bridgehead atoms. The van der Waals surface area contributed by atoms with Crippen molar-refractivity contribution < 1.29 is 24.0 Å². The second kappa shape index (κ2) is 8.82. The molecule has 8 nitrogen and oxygen atoms in total. The van der Waals surface area contributed by atoms with Crippen molar-refractivity contribution in [1.82, 2.24) is 0 Å². The van der Waals surface area contributed by atoms with Gasteiger partial charge < -0.3 is 14.8 Å². The number of amides is 1. The van der Waals surface area contributed by atoms with Gasteiger partial charge in [-0.1, -0.05) is 35.9 Å². The first-order valence-electron chi connectivity index (χ1n) is 7.49. The lowest BCUT2D eigenvalue weighted by atomic mass is 10.2. The van der Waals surface area contributed by atoms with Crippen molar-refractivity contribution in [3.05, 3.63) is 63.7 Å². The van der Waals surface area contributed by atoms with Crippen LogP contribution in [0.4, 0.5) is 11.4 Å². The number of esters is 1. The summed E-state index contributed by atoms with van der Waals surface area (Å²) in [4.78, 5) is 34.2. The Labute approximate surface area is 153 Å². The van der Waals surface area contributed by atoms with E-state index < -0.39 is 29.5 Å². The molecule has 0 unspecified atom stereocenters. The van der Waals surface area contributed by atoms with Crippen LogP contribution in [0.2, 0.25) is 5.02 Å². The molecule has 0 fully saturated rings. The number of anilines is 1. The van der Waals surface area contributed by atoms with Gasteiger partial charge in [-0.25, -0.2) is 4.79 Å². The Bertz CT molecular complexity index is 826. The second-order valence-corrected chi connectivity index (χ2v) is 5.52. The third-order valence-corrected chi connectivity index (χ3v) is 3.53. The van der Waals surface area contributed by atoms with Crippen LogP contribution in [0.1, 0.15) is 6.92 Å². The Balaban J connectivity index is 1.90. The quantitative estimate of drug-likeness (QED) is 0.450. The molecule has 136 valence electrons. The highest BCUT2D eigenvalue weighted by molar-refractivity contribution is 6.32. The lowest BCUT2D eigenvalue weighted by Crippen LogP contribution is -2.31. The molecular formula is C17H15ClN2O6. The molecule has 0 spiro atoms. The first-order valence-corrected chi connectivity index (χ1v) is 7.87. The van der Waals surface area contributed by atoms with Gasteiger partial charge in [0, 0.05) is 6.07 Å². The number of hydrogen-bond acceptors (Lipinski definition) is 6. The molecule has 0 aromatic heterocycles. The molecule has 9 heteroatoms. The Morgan fingerprint density at radius 1 is 1.19 bits per heavy atom. The largest absolute Gasteiger partial charge is 0.480 e. The monoisotopic (exact) mass is 378 g/mol. The van der Waals surface area contributed by atoms with Gasteiger partial charge in [0.25, 0.3) is 11.6 Å². The van der Waals surface area contributed by atoms with Crippen molar-refractivity contribution in [1.29, 1.82) is 0 Å². The summed E-state index contributed by atoms with van der Waals surface area (Å²) in [5.74, 6) is -1.18. The van der Waals surface area contributed by atoms with Gasteiger partial charge in [-0.2, -0.15) is 0 Å². The van der Waals surface area contributed by atoms with Crippen molar-refractivity contribution in [3.8, 4) is 5.75 Å². The van der Waals surface area contributed by atoms with Crippen LogP contribution in [0.15, 0.2) is 48.5 Å². The predicted octanol–water partition coefficient (Wildman–Crippen LogP) is 3.20. The summed E-state index contributed by atoms with van der Waals surface area (Å²) < 4.78 is 10.2. The van der Waals surface area contributed by atoms with Crippen molar-refractivity contribution in [2.75, 3.05) is 11.9 Å². The number of carbonyl (C=O) groups excluding carboxylic acids is 2. The zero-order valence-electron chi connectivity index (χ0n) is 13.7. The van der Waals surface area contributed by atoms with Gasteiger partial charge in [-0.3, -0.25) is 14.9 Å². The number of nitrogens with zero attached hydrogens (tertiary/aromatic N) is 1. The van der Waals surface area contributed by atoms with Gasteiger partial charge in [0.15, 0.2) is 12.7 Å². The van der Waals surface area contributed by atoms with Gasteiger partial charge in [0.1, 0.15) is 11.4 Å². The van der Waals surface area contributed by atoms with E-state index in [9.17, 15) is 19.7 Å². The second-order valence-electron chi connectivity index (χ2n) is 5.11. The highest BCUT2D eigenvalue weighted by Gasteiger charge is 2.21. The average Bonchev–Trinajstić information content (AvgIpc) is 2.61. The number of nitro groups is 1. The molecule has 1 atom stereocenters. The number of ether oxygens (including phenoxy) is 2. The molecule has 2 aromatic carbocycles. The number of carbonyl (C=O) groups is 2. The summed E-state index contributed by atoms with van der Waals surface area (Å²) in [6.07, 6.45) is -1.17. The highest BCUT2D eigenvalue weighted by Crippen LogP contribution is 2.24. The van der Waals surface area contributed by atoms with Crippen molar-refractivity contribution >= 4 is 34.9 Å². The van der Waals surface area contributed by atoms with Gasteiger partial charge in [0.05, 0.1) is 9.95 Å². The fourth-order valence-electron chi connectivity index (χ4n) is 1.96. The molecule has 0 aliphatic heterocycles. The van der Waals surface area contributed by atoms with E-state index in [1.54, 1.807) is 24.3 Å². The van der Waals surface area contributed by atoms with Crippen LogP contribution in [0.3, 0.4) is 0 Å². The average molecular weight is 379 g/mol. The smallest absolute Gasteiger partial charge is 0.344 e. The third-order valence-electron chi connectivity index (χ3n) is 3.22. The minimum absolute atomic E-state index is 0.0118. The summed E-state index contributed by atoms with van der Waals surface area (Å²) in [5, 5.41) is 13.6. The summed E-state index contributed by atoms with van der Waals surface area (Å²) in [7, 11) is 0. The van der Waals surface area contributed by atoms with E-state index in [4.69, 9.17) is 21.1 Å². The van der Waals surface area contributed by atoms with Crippen molar-refractivity contribution in [2.24, 2.45) is 0 Å². The zero-order valence-corrected chi connectivity index (χ0v) is 14.4. The number of benzene rings is 2. The fraction of sp³-hybridized carbons (Fsp3) is 0.176. The fourth-order valence-corrected chi connectivity index (χ4v) is 2.15. The first kappa shape index (κ1) is 19.2. The van der Waals surface area contributed by atoms with E-state index in [0.29, 0.717) is 10.8 Å². The van der Waals surface area contributed by atoms with Crippen LogP contribution in [0.5, 0.6) is 5.75 Å². The van der Waals surface area contributed by atoms with E-state index in [1.165, 1.54) is 31.2 Å². The maximum Gasteiger partial charge on any atom is 0.344 e. The van der Waals surface area contributed by atoms with Crippen LogP contribution >= 0.6 is 11.6 Å². The maximum absolute atomic E-state index is 12.1. The lowest BCUT2D eigenvalue weighted by Gasteiger charge is -2.14. The molecular weight excluding hydrogens is 364 g/mol. The standard InChI is InChI=1S/C17H15ClN2O6/c1-11(17(22)19-13-7-3-4-8-14(13)20(23)24)26-16(21)10-25-15-9-5-2-6-12(15)18/h2-9,11H,10H2,1H3,(H,19,22)/t11-/m1/s1. The van der Waals surface area contributed by atoms with Crippen LogP contribution in [0, 0.1) is 10.1 Å². The molecule has 0 radical (unpaired) electrons. The van der Waals surface area contributed by atoms with E-state index in [-0.39, 0.29) is 11.4 Å². The van der Waals surface area contributed by atoms with E-state index in [0.717, 1.165) is 0 Å². The molecule has 26 heavy (non-hydrogen) atoms. The van der Waals surface area contributed by atoms with Crippen LogP contribution in [-0.4, -0.2) is 29.5 Å². The normalized spacial score (nSPS) is 11.3. The molecule has 1 N–H and O–H groups in total. The molecule has 2 rings (SSSR count). The molecule has 0 aliphatic carbocycles. The Hall–Kier alpha value is -3.13. The predicted molar refractivity (Wildman–Crippen MR) is 94.2 cm³/mol. The van der Waals surface area contributed by atoms with E-state index >= 15 is 0 Å². The van der Waals surface area contributed by atoms with Crippen molar-refractivity contribution in [2.45, 2.75) is 13.0 Å². The number of halogens is 1. The van der Waals surface area contributed by atoms with Crippen LogP contribution in [-0.2, 0) is 14.3 Å². The molecule has 0 saturated heterocycles. The van der Waals surface area contributed by atoms with Crippen LogP contribution < -0.4 is 10.1 Å². The van der Waals surface area contributed by atoms with E-state index in [1.807, 2.05) is 0 Å². The van der Waals surface area contributed by atoms with Gasteiger partial charge >= 0.3 is 5.97 Å². The summed E-state index contributed by atoms with van der Waals surface area (Å²) in [5.41, 5.74) is -0.251. The van der Waals surface area contributed by atoms with E-state index in [2.05, 4.69) is 5.32 Å². The molecule has 0 aliphatic rings. The first-order chi connectivity index (χ1) is 12.4. The summed E-state index contributed by atoms with van der Waals surface area (Å²) >= 11 is 5.90. The molecule has 1 amide bonds. The Kier molecular flexibility index (Phi) is 6.51. The number of para-hydroxylation sites is 3. The molecule has 0 heterocycles.